The van der Waals surface area contributed by atoms with Crippen molar-refractivity contribution in [1.82, 2.24) is 0 Å². The zero-order chi connectivity index (χ0) is 38.4. The average molecular weight is 854 g/mol. The number of fused-ring (bicyclic) bond motifs is 10. The van der Waals surface area contributed by atoms with E-state index >= 15 is 8.78 Å². The van der Waals surface area contributed by atoms with Crippen molar-refractivity contribution in [3.8, 4) is 0 Å². The number of halogens is 3. The van der Waals surface area contributed by atoms with Crippen LogP contribution in [0.2, 0.25) is 0 Å². The van der Waals surface area contributed by atoms with E-state index in [1.807, 2.05) is 27.7 Å². The normalized spacial score (nSPS) is 53.0. The van der Waals surface area contributed by atoms with E-state index in [0.29, 0.717) is 64.2 Å². The molecule has 0 saturated heterocycles. The summed E-state index contributed by atoms with van der Waals surface area (Å²) in [5.74, 6) is -1.94. The van der Waals surface area contributed by atoms with Gasteiger partial charge in [0.05, 0.1) is 0 Å². The number of Topliss-reactive ketones (excluding diaryl/α,β-unsaturated/α-hetero) is 2. The number of aliphatic hydroxyl groups is 2. The van der Waals surface area contributed by atoms with E-state index in [1.54, 1.807) is 12.2 Å². The predicted molar refractivity (Wildman–Crippen MR) is 186 cm³/mol. The number of hydrogen-bond donors (Lipinski definition) is 2. The summed E-state index contributed by atoms with van der Waals surface area (Å²) in [7, 11) is 0. The van der Waals surface area contributed by atoms with Gasteiger partial charge >= 0.3 is 324 Å². The molecule has 0 radical (unpaired) electrons. The Morgan fingerprint density at radius 3 is 1.38 bits per heavy atom. The van der Waals surface area contributed by atoms with Crippen LogP contribution < -0.4 is 22.0 Å². The Labute approximate surface area is 323 Å². The summed E-state index contributed by atoms with van der Waals surface area (Å²) in [6, 6.07) is 0. The molecule has 6 fully saturated rings. The van der Waals surface area contributed by atoms with Crippen LogP contribution in [0.1, 0.15) is 131 Å². The molecule has 0 aromatic rings. The number of carbonyl (C=O) groups excluding carboxylic acids is 4. The minimum absolute atomic E-state index is 0.00204. The fraction of sp³-hybridized carbons (Fsp3) is 0.810. The van der Waals surface area contributed by atoms with E-state index in [1.165, 1.54) is 13.8 Å². The van der Waals surface area contributed by atoms with Crippen LogP contribution in [0.4, 0.5) is 8.78 Å². The molecular weight excluding hydrogens is 797 g/mol. The van der Waals surface area contributed by atoms with Gasteiger partial charge in [-0.1, -0.05) is 0 Å². The molecule has 0 aromatic carbocycles. The molecule has 8 nitrogen and oxygen atoms in total. The summed E-state index contributed by atoms with van der Waals surface area (Å²) in [6.07, 6.45) is 5.57. The summed E-state index contributed by atoms with van der Waals surface area (Å²) in [4.78, 5) is 52.4. The number of allylic oxidation sites excluding steroid dienone is 2. The molecule has 2 N–H and O–H groups in total. The van der Waals surface area contributed by atoms with Gasteiger partial charge in [-0.15, -0.1) is 0 Å². The average Bonchev–Trinajstić information content (AvgIpc) is 3.54. The maximum absolute atomic E-state index is 17.8. The number of alkyl halides is 2. The monoisotopic (exact) mass is 853 g/mol. The fourth-order valence-electron chi connectivity index (χ4n) is 14.8. The third-order valence-electron chi connectivity index (χ3n) is 17.8. The first-order valence-corrected chi connectivity index (χ1v) is 21.7. The van der Waals surface area contributed by atoms with Crippen LogP contribution in [0.15, 0.2) is 23.3 Å². The molecule has 8 aliphatic rings. The molecule has 53 heavy (non-hydrogen) atoms. The molecule has 8 rings (SSSR count). The van der Waals surface area contributed by atoms with Gasteiger partial charge in [0.2, 0.25) is 0 Å². The summed E-state index contributed by atoms with van der Waals surface area (Å²) in [5, 5.41) is 23.8. The van der Waals surface area contributed by atoms with Crippen molar-refractivity contribution in [3.63, 3.8) is 0 Å². The number of ketones is 4. The van der Waals surface area contributed by atoms with E-state index < -0.39 is 90.3 Å². The second-order valence-electron chi connectivity index (χ2n) is 19.3. The number of hydrogen-bond acceptors (Lipinski definition) is 8. The molecule has 6 saturated carbocycles. The molecule has 294 valence electrons. The van der Waals surface area contributed by atoms with Gasteiger partial charge in [0, 0.05) is 0 Å². The molecule has 0 bridgehead atoms. The van der Waals surface area contributed by atoms with Crippen molar-refractivity contribution in [2.45, 2.75) is 166 Å². The molecule has 0 heterocycles. The fourth-order valence-corrected chi connectivity index (χ4v) is 17.5. The van der Waals surface area contributed by atoms with E-state index in [0.717, 1.165) is 11.1 Å². The summed E-state index contributed by atoms with van der Waals surface area (Å²) in [5.41, 5.74) is -8.73. The Hall–Kier alpha value is -1.41. The van der Waals surface area contributed by atoms with Crippen molar-refractivity contribution in [1.29, 1.82) is 0 Å². The van der Waals surface area contributed by atoms with Crippen LogP contribution in [-0.2, 0) is 25.3 Å². The van der Waals surface area contributed by atoms with E-state index in [2.05, 4.69) is 0 Å². The molecule has 8 aliphatic carbocycles. The minimum atomic E-state index is -1.94. The van der Waals surface area contributed by atoms with Crippen LogP contribution in [0.3, 0.4) is 0 Å². The third kappa shape index (κ3) is 4.52. The van der Waals surface area contributed by atoms with Crippen LogP contribution in [0, 0.1) is 45.3 Å². The van der Waals surface area contributed by atoms with Gasteiger partial charge in [-0.3, -0.25) is 0 Å². The van der Waals surface area contributed by atoms with Crippen molar-refractivity contribution in [2.24, 2.45) is 45.3 Å². The predicted octanol–water partition coefficient (Wildman–Crippen LogP) is 3.78. The molecule has 0 amide bonds. The molecule has 11 heteroatoms. The van der Waals surface area contributed by atoms with Crippen molar-refractivity contribution < 1.29 is 66.3 Å². The second kappa shape index (κ2) is 12.1. The summed E-state index contributed by atoms with van der Waals surface area (Å²) < 4.78 is 49.1. The van der Waals surface area contributed by atoms with Gasteiger partial charge in [0.1, 0.15) is 0 Å². The third-order valence-corrected chi connectivity index (χ3v) is 19.7. The topological polar surface area (TPSA) is 127 Å². The molecule has 0 aromatic heterocycles. The van der Waals surface area contributed by atoms with Gasteiger partial charge in [-0.2, -0.15) is 0 Å². The molecule has 14 unspecified atom stereocenters. The molecule has 0 aliphatic heterocycles. The van der Waals surface area contributed by atoms with Gasteiger partial charge in [-0.05, 0) is 0 Å². The molecule has 14 atom stereocenters. The quantitative estimate of drug-likeness (QED) is 0.387. The van der Waals surface area contributed by atoms with Crippen LogP contribution >= 0.6 is 0 Å². The van der Waals surface area contributed by atoms with Gasteiger partial charge in [0.15, 0.2) is 0 Å². The zero-order valence-electron chi connectivity index (χ0n) is 32.0. The van der Waals surface area contributed by atoms with Crippen molar-refractivity contribution in [3.05, 3.63) is 23.3 Å². The standard InChI is InChI=1S/C42H56F2IO8/c1-23(46)39(17-13-29-31-9-7-25-19-27(48)11-15-35(25,3)41(31,43)33(50)21-37(29,39)5)52-45-53-40(24(2)47)18-14-30-32-10-8-26-20-28(49)12-16-36(26,4)42(32,44)34(51)22-38(30,40)6/h19-20,29-34,50-51H,7-18,21-22H2,1-6H3/q-1. The van der Waals surface area contributed by atoms with E-state index in [-0.39, 0.29) is 60.7 Å². The van der Waals surface area contributed by atoms with Crippen molar-refractivity contribution >= 4 is 23.1 Å². The Balaban J connectivity index is 1.07. The molecular formula is C42H56F2IO8-. The van der Waals surface area contributed by atoms with E-state index in [4.69, 9.17) is 6.13 Å². The maximum atomic E-state index is 17.8. The zero-order valence-corrected chi connectivity index (χ0v) is 34.2. The SMILES string of the molecule is CC(=O)C1(O[I-]OC2(C(C)=O)CCC3C4CCC5=CC(=O)CCC5(C)C4(F)C(O)CC32C)CCC2C3CCC4=CC(=O)CCC4(C)C3(F)C(O)CC21C. The van der Waals surface area contributed by atoms with E-state index in [9.17, 15) is 29.4 Å². The van der Waals surface area contributed by atoms with Crippen LogP contribution in [0.5, 0.6) is 0 Å². The Bertz CT molecular complexity index is 1610. The van der Waals surface area contributed by atoms with Crippen LogP contribution in [0.25, 0.3) is 0 Å². The second-order valence-corrected chi connectivity index (χ2v) is 20.6. The first-order valence-electron chi connectivity index (χ1n) is 20.0. The Morgan fingerprint density at radius 1 is 0.642 bits per heavy atom. The van der Waals surface area contributed by atoms with Crippen LogP contribution in [-0.4, -0.2) is 68.1 Å². The first-order chi connectivity index (χ1) is 24.7. The number of aliphatic hydroxyl groups excluding tert-OH is 2. The Morgan fingerprint density at radius 2 is 1.02 bits per heavy atom. The Kier molecular flexibility index (Phi) is 8.75. The molecule has 0 spiro atoms. The summed E-state index contributed by atoms with van der Waals surface area (Å²) >= 11 is -1.74. The van der Waals surface area contributed by atoms with Crippen molar-refractivity contribution in [2.75, 3.05) is 0 Å². The van der Waals surface area contributed by atoms with Gasteiger partial charge in [-0.25, -0.2) is 0 Å². The van der Waals surface area contributed by atoms with Gasteiger partial charge < -0.3 is 0 Å². The number of carbonyl (C=O) groups is 4. The first kappa shape index (κ1) is 38.5. The van der Waals surface area contributed by atoms with Gasteiger partial charge in [0.25, 0.3) is 0 Å². The number of rotatable bonds is 6. The summed E-state index contributed by atoms with van der Waals surface area (Å²) in [6.45, 7) is 10.6.